The Labute approximate surface area is 195 Å². The second-order valence-corrected chi connectivity index (χ2v) is 8.13. The predicted molar refractivity (Wildman–Crippen MR) is 125 cm³/mol. The van der Waals surface area contributed by atoms with Crippen LogP contribution in [0.25, 0.3) is 5.69 Å². The van der Waals surface area contributed by atoms with Gasteiger partial charge in [0.15, 0.2) is 16.8 Å². The number of nitrogens with zero attached hydrogens (tertiary/aromatic N) is 3. The number of carbonyl (C=O) groups is 1. The number of halogens is 1. The second kappa shape index (κ2) is 10.3. The van der Waals surface area contributed by atoms with E-state index in [9.17, 15) is 4.79 Å². The van der Waals surface area contributed by atoms with Crippen molar-refractivity contribution in [1.29, 1.82) is 0 Å². The van der Waals surface area contributed by atoms with E-state index in [0.717, 1.165) is 11.4 Å². The molecule has 0 amide bonds. The van der Waals surface area contributed by atoms with E-state index < -0.39 is 0 Å². The van der Waals surface area contributed by atoms with Crippen molar-refractivity contribution in [3.05, 3.63) is 95.3 Å². The zero-order valence-electron chi connectivity index (χ0n) is 17.3. The van der Waals surface area contributed by atoms with Crippen molar-refractivity contribution in [3.63, 3.8) is 0 Å². The summed E-state index contributed by atoms with van der Waals surface area (Å²) >= 11 is 7.28. The lowest BCUT2D eigenvalue weighted by Gasteiger charge is -2.12. The third-order valence-corrected chi connectivity index (χ3v) is 5.82. The molecule has 0 aliphatic carbocycles. The number of aromatic nitrogens is 3. The molecule has 0 saturated carbocycles. The van der Waals surface area contributed by atoms with E-state index >= 15 is 0 Å². The molecule has 0 unspecified atom stereocenters. The number of hydrogen-bond acceptors (Lipinski definition) is 6. The molecule has 0 aliphatic heterocycles. The van der Waals surface area contributed by atoms with Crippen molar-refractivity contribution in [2.45, 2.75) is 11.8 Å². The van der Waals surface area contributed by atoms with Crippen molar-refractivity contribution >= 4 is 29.1 Å². The summed E-state index contributed by atoms with van der Waals surface area (Å²) in [6.07, 6.45) is 0. The van der Waals surface area contributed by atoms with Crippen LogP contribution in [0.4, 0.5) is 0 Å². The van der Waals surface area contributed by atoms with Crippen LogP contribution in [0.1, 0.15) is 16.2 Å². The largest absolute Gasteiger partial charge is 0.497 e. The lowest BCUT2D eigenvalue weighted by Crippen LogP contribution is -2.08. The van der Waals surface area contributed by atoms with Gasteiger partial charge in [0.1, 0.15) is 18.1 Å². The van der Waals surface area contributed by atoms with Gasteiger partial charge in [-0.1, -0.05) is 53.7 Å². The van der Waals surface area contributed by atoms with Gasteiger partial charge in [-0.05, 0) is 48.5 Å². The highest BCUT2D eigenvalue weighted by Crippen LogP contribution is 2.25. The highest BCUT2D eigenvalue weighted by atomic mass is 35.5. The highest BCUT2D eigenvalue weighted by molar-refractivity contribution is 7.99. The van der Waals surface area contributed by atoms with E-state index in [-0.39, 0.29) is 18.1 Å². The lowest BCUT2D eigenvalue weighted by molar-refractivity contribution is 0.102. The smallest absolute Gasteiger partial charge is 0.196 e. The van der Waals surface area contributed by atoms with Crippen LogP contribution in [0.15, 0.2) is 84.0 Å². The molecule has 0 fully saturated rings. The molecule has 32 heavy (non-hydrogen) atoms. The van der Waals surface area contributed by atoms with E-state index in [0.29, 0.717) is 27.3 Å². The number of benzene rings is 3. The molecule has 1 heterocycles. The van der Waals surface area contributed by atoms with Crippen molar-refractivity contribution in [1.82, 2.24) is 14.8 Å². The first kappa shape index (κ1) is 21.9. The fourth-order valence-electron chi connectivity index (χ4n) is 2.99. The number of ether oxygens (including phenoxy) is 2. The van der Waals surface area contributed by atoms with E-state index in [2.05, 4.69) is 10.2 Å². The van der Waals surface area contributed by atoms with Crippen LogP contribution in [0.3, 0.4) is 0 Å². The molecule has 0 N–H and O–H groups in total. The van der Waals surface area contributed by atoms with E-state index in [1.807, 2.05) is 59.2 Å². The maximum atomic E-state index is 12.6. The van der Waals surface area contributed by atoms with Crippen molar-refractivity contribution in [3.8, 4) is 17.2 Å². The summed E-state index contributed by atoms with van der Waals surface area (Å²) in [6, 6.07) is 23.9. The minimum absolute atomic E-state index is 0.0267. The fourth-order valence-corrected chi connectivity index (χ4v) is 3.99. The van der Waals surface area contributed by atoms with E-state index in [1.165, 1.54) is 11.8 Å². The highest BCUT2D eigenvalue weighted by Gasteiger charge is 2.17. The van der Waals surface area contributed by atoms with Crippen LogP contribution >= 0.6 is 23.4 Å². The van der Waals surface area contributed by atoms with Crippen LogP contribution in [0.2, 0.25) is 5.02 Å². The first-order valence-electron chi connectivity index (χ1n) is 9.82. The minimum atomic E-state index is 0.0267. The first-order valence-corrected chi connectivity index (χ1v) is 11.2. The number of thioether (sulfide) groups is 1. The molecule has 0 spiro atoms. The average Bonchev–Trinajstić information content (AvgIpc) is 3.25. The molecule has 0 bridgehead atoms. The van der Waals surface area contributed by atoms with Gasteiger partial charge in [0.05, 0.1) is 12.9 Å². The molecule has 0 aliphatic rings. The van der Waals surface area contributed by atoms with Crippen LogP contribution in [0.5, 0.6) is 11.5 Å². The van der Waals surface area contributed by atoms with Crippen molar-refractivity contribution in [2.75, 3.05) is 12.9 Å². The molecule has 0 atom stereocenters. The van der Waals surface area contributed by atoms with Crippen LogP contribution in [0, 0.1) is 0 Å². The molecule has 4 aromatic rings. The molecule has 8 heteroatoms. The Bertz CT molecular complexity index is 1180. The number of carbonyl (C=O) groups excluding carboxylic acids is 1. The third kappa shape index (κ3) is 5.30. The predicted octanol–water partition coefficient (Wildman–Crippen LogP) is 5.48. The Morgan fingerprint density at radius 2 is 1.62 bits per heavy atom. The van der Waals surface area contributed by atoms with Gasteiger partial charge in [-0.2, -0.15) is 0 Å². The van der Waals surface area contributed by atoms with Gasteiger partial charge >= 0.3 is 0 Å². The summed E-state index contributed by atoms with van der Waals surface area (Å²) in [5.74, 6) is 2.30. The van der Waals surface area contributed by atoms with Gasteiger partial charge in [0.2, 0.25) is 0 Å². The van der Waals surface area contributed by atoms with E-state index in [1.54, 1.807) is 31.4 Å². The first-order chi connectivity index (χ1) is 15.6. The summed E-state index contributed by atoms with van der Waals surface area (Å²) in [7, 11) is 1.62. The molecule has 162 valence electrons. The van der Waals surface area contributed by atoms with Crippen LogP contribution < -0.4 is 9.47 Å². The quantitative estimate of drug-likeness (QED) is 0.241. The van der Waals surface area contributed by atoms with E-state index in [4.69, 9.17) is 21.1 Å². The molecule has 6 nitrogen and oxygen atoms in total. The van der Waals surface area contributed by atoms with Gasteiger partial charge in [-0.3, -0.25) is 9.36 Å². The lowest BCUT2D eigenvalue weighted by atomic mass is 10.2. The van der Waals surface area contributed by atoms with Crippen molar-refractivity contribution in [2.24, 2.45) is 0 Å². The normalized spacial score (nSPS) is 10.7. The molecule has 1 aromatic heterocycles. The average molecular weight is 466 g/mol. The monoisotopic (exact) mass is 465 g/mol. The molecule has 0 saturated heterocycles. The van der Waals surface area contributed by atoms with Gasteiger partial charge in [-0.25, -0.2) is 0 Å². The fraction of sp³-hybridized carbons (Fsp3) is 0.125. The van der Waals surface area contributed by atoms with Gasteiger partial charge in [0.25, 0.3) is 0 Å². The standard InChI is InChI=1S/C24H20ClN3O3S/c1-30-20-13-9-19(10-14-20)28-23(15-31-21-11-7-18(25)8-12-21)26-27-24(28)32-16-22(29)17-5-3-2-4-6-17/h2-14H,15-16H2,1H3. The van der Waals surface area contributed by atoms with Gasteiger partial charge in [-0.15, -0.1) is 10.2 Å². The maximum absolute atomic E-state index is 12.6. The van der Waals surface area contributed by atoms with Crippen LogP contribution in [-0.2, 0) is 6.61 Å². The third-order valence-electron chi connectivity index (χ3n) is 4.64. The summed E-state index contributed by atoms with van der Waals surface area (Å²) in [4.78, 5) is 12.6. The Hall–Kier alpha value is -3.29. The Balaban J connectivity index is 1.57. The number of hydrogen-bond donors (Lipinski definition) is 0. The van der Waals surface area contributed by atoms with Crippen LogP contribution in [-0.4, -0.2) is 33.4 Å². The zero-order valence-corrected chi connectivity index (χ0v) is 18.8. The van der Waals surface area contributed by atoms with Gasteiger partial charge < -0.3 is 9.47 Å². The molecular formula is C24H20ClN3O3S. The Kier molecular flexibility index (Phi) is 7.09. The summed E-state index contributed by atoms with van der Waals surface area (Å²) in [5.41, 5.74) is 1.52. The van der Waals surface area contributed by atoms with Crippen molar-refractivity contribution < 1.29 is 14.3 Å². The Morgan fingerprint density at radius 1 is 0.938 bits per heavy atom. The van der Waals surface area contributed by atoms with Gasteiger partial charge in [0, 0.05) is 16.3 Å². The zero-order chi connectivity index (χ0) is 22.3. The maximum Gasteiger partial charge on any atom is 0.196 e. The minimum Gasteiger partial charge on any atom is -0.497 e. The molecule has 0 radical (unpaired) electrons. The number of Topliss-reactive ketones (excluding diaryl/α,β-unsaturated/α-hetero) is 1. The number of rotatable bonds is 9. The molecular weight excluding hydrogens is 446 g/mol. The second-order valence-electron chi connectivity index (χ2n) is 6.75. The Morgan fingerprint density at radius 3 is 2.31 bits per heavy atom. The molecule has 4 rings (SSSR count). The number of ketones is 1. The molecule has 3 aromatic carbocycles. The SMILES string of the molecule is COc1ccc(-n2c(COc3ccc(Cl)cc3)nnc2SCC(=O)c2ccccc2)cc1. The topological polar surface area (TPSA) is 66.2 Å². The summed E-state index contributed by atoms with van der Waals surface area (Å²) in [5, 5.41) is 9.88. The number of methoxy groups -OCH3 is 1. The summed E-state index contributed by atoms with van der Waals surface area (Å²) in [6.45, 7) is 0.202. The summed E-state index contributed by atoms with van der Waals surface area (Å²) < 4.78 is 13.0.